The Morgan fingerprint density at radius 2 is 1.85 bits per heavy atom. The van der Waals surface area contributed by atoms with E-state index in [0.29, 0.717) is 35.4 Å². The van der Waals surface area contributed by atoms with Crippen molar-refractivity contribution in [3.05, 3.63) is 0 Å². The number of hydrogen-bond donors (Lipinski definition) is 0. The van der Waals surface area contributed by atoms with Crippen LogP contribution in [0.4, 0.5) is 0 Å². The average Bonchev–Trinajstić information content (AvgIpc) is 2.93. The zero-order valence-corrected chi connectivity index (χ0v) is 17.1. The summed E-state index contributed by atoms with van der Waals surface area (Å²) in [5.41, 5.74) is 0.512. The van der Waals surface area contributed by atoms with Crippen LogP contribution in [0.15, 0.2) is 0 Å². The third-order valence-electron chi connectivity index (χ3n) is 9.32. The molecular formula is C23H36O3. The summed E-state index contributed by atoms with van der Waals surface area (Å²) in [6.45, 7) is 9.23. The summed E-state index contributed by atoms with van der Waals surface area (Å²) in [6, 6.07) is 0. The monoisotopic (exact) mass is 360 g/mol. The molecule has 4 fully saturated rings. The van der Waals surface area contributed by atoms with Gasteiger partial charge in [0.1, 0.15) is 11.9 Å². The molecule has 4 aliphatic carbocycles. The Balaban J connectivity index is 1.60. The van der Waals surface area contributed by atoms with Crippen molar-refractivity contribution in [2.45, 2.75) is 91.6 Å². The smallest absolute Gasteiger partial charge is 0.305 e. The van der Waals surface area contributed by atoms with Crippen LogP contribution in [0.2, 0.25) is 0 Å². The van der Waals surface area contributed by atoms with E-state index in [4.69, 9.17) is 4.74 Å². The number of ketones is 1. The van der Waals surface area contributed by atoms with E-state index in [9.17, 15) is 9.59 Å². The Labute approximate surface area is 158 Å². The number of ether oxygens (including phenoxy) is 1. The Hall–Kier alpha value is -0.860. The van der Waals surface area contributed by atoms with Crippen LogP contribution in [0.1, 0.15) is 85.5 Å². The van der Waals surface area contributed by atoms with Crippen molar-refractivity contribution in [3.8, 4) is 0 Å². The molecule has 3 nitrogen and oxygen atoms in total. The molecule has 0 aliphatic heterocycles. The van der Waals surface area contributed by atoms with Crippen LogP contribution in [0.3, 0.4) is 0 Å². The molecule has 0 radical (unpaired) electrons. The van der Waals surface area contributed by atoms with Gasteiger partial charge in [-0.1, -0.05) is 27.7 Å². The van der Waals surface area contributed by atoms with E-state index in [2.05, 4.69) is 20.8 Å². The molecule has 4 aliphatic rings. The van der Waals surface area contributed by atoms with Gasteiger partial charge in [0.2, 0.25) is 0 Å². The van der Waals surface area contributed by atoms with E-state index >= 15 is 0 Å². The van der Waals surface area contributed by atoms with E-state index in [1.54, 1.807) is 0 Å². The number of hydrogen-bond acceptors (Lipinski definition) is 3. The molecule has 0 saturated heterocycles. The van der Waals surface area contributed by atoms with E-state index in [0.717, 1.165) is 37.5 Å². The second-order valence-electron chi connectivity index (χ2n) is 10.4. The van der Waals surface area contributed by atoms with Gasteiger partial charge in [0.05, 0.1) is 0 Å². The standard InChI is InChI=1S/C23H36O3/c1-5-20(25)26-19-7-6-17-21-14(2)12-15-13-16(24)8-10-22(15,3)18(21)9-11-23(17,19)4/h14-15,17-19,21H,5-13H2,1-4H3/t14-,15-,17-,18-,19+,21-,22-,23-/m0/s1. The molecule has 26 heavy (non-hydrogen) atoms. The molecule has 4 rings (SSSR count). The molecule has 146 valence electrons. The Bertz CT molecular complexity index is 598. The molecule has 0 bridgehead atoms. The van der Waals surface area contributed by atoms with Crippen molar-refractivity contribution in [2.75, 3.05) is 0 Å². The Morgan fingerprint density at radius 3 is 2.58 bits per heavy atom. The molecule has 0 N–H and O–H groups in total. The van der Waals surface area contributed by atoms with Crippen LogP contribution in [-0.4, -0.2) is 17.9 Å². The summed E-state index contributed by atoms with van der Waals surface area (Å²) in [6.07, 6.45) is 9.22. The molecule has 0 aromatic heterocycles. The van der Waals surface area contributed by atoms with E-state index in [1.165, 1.54) is 25.7 Å². The lowest BCUT2D eigenvalue weighted by Crippen LogP contribution is -2.56. The maximum absolute atomic E-state index is 12.1. The summed E-state index contributed by atoms with van der Waals surface area (Å²) in [4.78, 5) is 24.0. The van der Waals surface area contributed by atoms with E-state index < -0.39 is 0 Å². The summed E-state index contributed by atoms with van der Waals surface area (Å²) in [5, 5.41) is 0. The number of esters is 1. The average molecular weight is 361 g/mol. The van der Waals surface area contributed by atoms with Crippen LogP contribution >= 0.6 is 0 Å². The fourth-order valence-electron chi connectivity index (χ4n) is 7.81. The molecule has 0 aromatic carbocycles. The lowest BCUT2D eigenvalue weighted by molar-refractivity contribution is -0.169. The van der Waals surface area contributed by atoms with Crippen LogP contribution in [0.25, 0.3) is 0 Å². The van der Waals surface area contributed by atoms with Crippen LogP contribution in [0.5, 0.6) is 0 Å². The highest BCUT2D eigenvalue weighted by Crippen LogP contribution is 2.67. The summed E-state index contributed by atoms with van der Waals surface area (Å²) < 4.78 is 5.91. The zero-order valence-electron chi connectivity index (χ0n) is 17.1. The molecule has 0 heterocycles. The first kappa shape index (κ1) is 18.5. The number of fused-ring (bicyclic) bond motifs is 5. The number of Topliss-reactive ketones (excluding diaryl/α,β-unsaturated/α-hetero) is 1. The lowest BCUT2D eigenvalue weighted by atomic mass is 9.43. The van der Waals surface area contributed by atoms with Gasteiger partial charge in [0.25, 0.3) is 0 Å². The van der Waals surface area contributed by atoms with Gasteiger partial charge in [0.15, 0.2) is 0 Å². The molecule has 3 heteroatoms. The number of rotatable bonds is 2. The minimum absolute atomic E-state index is 0.0338. The van der Waals surface area contributed by atoms with Gasteiger partial charge < -0.3 is 4.74 Å². The van der Waals surface area contributed by atoms with Crippen molar-refractivity contribution in [1.82, 2.24) is 0 Å². The number of carbonyl (C=O) groups excluding carboxylic acids is 2. The number of carbonyl (C=O) groups is 2. The first-order valence-corrected chi connectivity index (χ1v) is 11.0. The van der Waals surface area contributed by atoms with Crippen LogP contribution in [-0.2, 0) is 14.3 Å². The third-order valence-corrected chi connectivity index (χ3v) is 9.32. The molecule has 4 saturated carbocycles. The van der Waals surface area contributed by atoms with Crippen molar-refractivity contribution < 1.29 is 14.3 Å². The molecular weight excluding hydrogens is 324 g/mol. The van der Waals surface area contributed by atoms with Crippen LogP contribution in [0, 0.1) is 40.4 Å². The highest BCUT2D eigenvalue weighted by molar-refractivity contribution is 5.79. The van der Waals surface area contributed by atoms with Crippen molar-refractivity contribution in [3.63, 3.8) is 0 Å². The normalized spacial score (nSPS) is 50.5. The van der Waals surface area contributed by atoms with Gasteiger partial charge >= 0.3 is 5.97 Å². The highest BCUT2D eigenvalue weighted by Gasteiger charge is 2.62. The predicted octanol–water partition coefficient (Wildman–Crippen LogP) is 5.17. The maximum Gasteiger partial charge on any atom is 0.305 e. The van der Waals surface area contributed by atoms with Crippen molar-refractivity contribution in [1.29, 1.82) is 0 Å². The first-order chi connectivity index (χ1) is 12.3. The van der Waals surface area contributed by atoms with E-state index in [1.807, 2.05) is 6.92 Å². The fourth-order valence-corrected chi connectivity index (χ4v) is 7.81. The van der Waals surface area contributed by atoms with Gasteiger partial charge in [-0.15, -0.1) is 0 Å². The minimum atomic E-state index is -0.0338. The Kier molecular flexibility index (Phi) is 4.51. The topological polar surface area (TPSA) is 43.4 Å². The fraction of sp³-hybridized carbons (Fsp3) is 0.913. The molecule has 0 unspecified atom stereocenters. The van der Waals surface area contributed by atoms with Crippen molar-refractivity contribution in [2.24, 2.45) is 40.4 Å². The maximum atomic E-state index is 12.1. The van der Waals surface area contributed by atoms with E-state index in [-0.39, 0.29) is 17.5 Å². The van der Waals surface area contributed by atoms with Crippen molar-refractivity contribution >= 4 is 11.8 Å². The lowest BCUT2D eigenvalue weighted by Gasteiger charge is -2.62. The third kappa shape index (κ3) is 2.59. The SMILES string of the molecule is CCC(=O)O[C@@H]1CC[C@H]2[C@@H]3[C@@H](C)C[C@H]4CC(=O)CC[C@]4(C)[C@H]3CC[C@]12C. The quantitative estimate of drug-likeness (QED) is 0.638. The zero-order chi connectivity index (χ0) is 18.7. The largest absolute Gasteiger partial charge is 0.462 e. The molecule has 0 spiro atoms. The minimum Gasteiger partial charge on any atom is -0.462 e. The predicted molar refractivity (Wildman–Crippen MR) is 101 cm³/mol. The summed E-state index contributed by atoms with van der Waals surface area (Å²) in [5.74, 6) is 3.92. The second kappa shape index (κ2) is 6.34. The summed E-state index contributed by atoms with van der Waals surface area (Å²) in [7, 11) is 0. The van der Waals surface area contributed by atoms with Gasteiger partial charge in [-0.3, -0.25) is 9.59 Å². The van der Waals surface area contributed by atoms with Gasteiger partial charge in [-0.25, -0.2) is 0 Å². The Morgan fingerprint density at radius 1 is 1.12 bits per heavy atom. The van der Waals surface area contributed by atoms with Crippen LogP contribution < -0.4 is 0 Å². The first-order valence-electron chi connectivity index (χ1n) is 11.0. The molecule has 8 atom stereocenters. The molecule has 0 aromatic rings. The van der Waals surface area contributed by atoms with Gasteiger partial charge in [-0.05, 0) is 73.5 Å². The second-order valence-corrected chi connectivity index (χ2v) is 10.4. The highest BCUT2D eigenvalue weighted by atomic mass is 16.5. The van der Waals surface area contributed by atoms with Gasteiger partial charge in [0, 0.05) is 24.7 Å². The summed E-state index contributed by atoms with van der Waals surface area (Å²) >= 11 is 0. The molecule has 0 amide bonds. The van der Waals surface area contributed by atoms with Gasteiger partial charge in [-0.2, -0.15) is 0 Å².